The molecule has 3 rings (SSSR count). The number of aromatic nitrogens is 5. The molecule has 0 fully saturated rings. The van der Waals surface area contributed by atoms with Gasteiger partial charge in [0.2, 0.25) is 11.9 Å². The number of halogens is 6. The fraction of sp³-hybridized carbons (Fsp3) is 0.316. The highest BCUT2D eigenvalue weighted by Crippen LogP contribution is 2.30. The van der Waals surface area contributed by atoms with Crippen LogP contribution in [0.1, 0.15) is 25.2 Å². The highest BCUT2D eigenvalue weighted by molar-refractivity contribution is 6.58. The van der Waals surface area contributed by atoms with Gasteiger partial charge in [0.25, 0.3) is 0 Å². The van der Waals surface area contributed by atoms with Crippen molar-refractivity contribution in [1.29, 1.82) is 0 Å². The first-order chi connectivity index (χ1) is 17.2. The molecule has 0 aromatic carbocycles. The summed E-state index contributed by atoms with van der Waals surface area (Å²) in [5.74, 6) is -1.66. The normalized spacial score (nSPS) is 12.9. The monoisotopic (exact) mass is 523 g/mol. The molecule has 8 nitrogen and oxygen atoms in total. The maximum Gasteiger partial charge on any atom is 0.433 e. The van der Waals surface area contributed by atoms with Crippen LogP contribution in [0.25, 0.3) is 11.5 Å². The Morgan fingerprint density at radius 1 is 0.816 bits per heavy atom. The van der Waals surface area contributed by atoms with Crippen LogP contribution >= 0.6 is 0 Å². The second kappa shape index (κ2) is 9.82. The van der Waals surface area contributed by atoms with Crippen LogP contribution in [0.2, 0.25) is 0 Å². The smallest absolute Gasteiger partial charge is 0.390 e. The Hall–Kier alpha value is -3.23. The van der Waals surface area contributed by atoms with Crippen molar-refractivity contribution in [2.45, 2.75) is 37.1 Å². The molecule has 186 valence electrons. The van der Waals surface area contributed by atoms with Gasteiger partial charge in [-0.1, -0.05) is 10.9 Å². The number of aliphatic hydroxyl groups is 1. The molecule has 19 heteroatoms. The molecule has 3 heterocycles. The molecular formula is C19H12B5F6N7O. The first-order valence-electron chi connectivity index (χ1n) is 10.3. The molecular weight excluding hydrogens is 510 g/mol. The van der Waals surface area contributed by atoms with Crippen LogP contribution < -0.4 is 27.0 Å². The first kappa shape index (κ1) is 29.3. The second-order valence-electron chi connectivity index (χ2n) is 8.46. The molecule has 3 N–H and O–H groups in total. The van der Waals surface area contributed by atoms with Crippen LogP contribution in [0.4, 0.5) is 43.9 Å². The number of hydrogen-bond donors (Lipinski definition) is 3. The average Bonchev–Trinajstić information content (AvgIpc) is 2.75. The summed E-state index contributed by atoms with van der Waals surface area (Å²) in [5, 5.41) is 12.9. The standard InChI is InChI=1S/C19H12B5F6N7O/c1-16(2,38)19(23,24)37-15-35-13(11-9(21)8(20)10(22)12(33-11)18(28,29)30)34-14(36-15)32-6-3-4-31-7(5-6)17(25,26)27/h3-5,38H,1-2H3,(H2,31,32,34,35,36,37). The SMILES string of the molecule is [B]c1c(-c2nc(Nc3ccnc(C(F)(F)F)c3)nc(NC([B])([B])C(C)(C)O)n2)nc(C(F)(F)F)c([B])c1[B]. The molecule has 3 aromatic rings. The van der Waals surface area contributed by atoms with Crippen molar-refractivity contribution in [2.24, 2.45) is 0 Å². The maximum atomic E-state index is 13.5. The number of rotatable bonds is 6. The van der Waals surface area contributed by atoms with Gasteiger partial charge in [0, 0.05) is 11.9 Å². The summed E-state index contributed by atoms with van der Waals surface area (Å²) < 4.78 is 79.8. The number of nitrogens with one attached hydrogen (secondary N) is 2. The molecule has 0 bridgehead atoms. The molecule has 38 heavy (non-hydrogen) atoms. The summed E-state index contributed by atoms with van der Waals surface area (Å²) in [5.41, 5.74) is -7.69. The summed E-state index contributed by atoms with van der Waals surface area (Å²) in [6.07, 6.45) is -8.99. The molecule has 0 atom stereocenters. The molecule has 0 amide bonds. The van der Waals surface area contributed by atoms with Gasteiger partial charge in [-0.15, -0.1) is 5.46 Å². The second-order valence-corrected chi connectivity index (χ2v) is 8.46. The minimum absolute atomic E-state index is 0.210. The molecule has 0 saturated carbocycles. The quantitative estimate of drug-likeness (QED) is 0.298. The molecule has 10 radical (unpaired) electrons. The van der Waals surface area contributed by atoms with E-state index < -0.39 is 74.5 Å². The lowest BCUT2D eigenvalue weighted by Crippen LogP contribution is -2.57. The number of hydrogen-bond acceptors (Lipinski definition) is 8. The zero-order chi connectivity index (χ0) is 28.8. The average molecular weight is 522 g/mol. The van der Waals surface area contributed by atoms with Gasteiger partial charge in [0.15, 0.2) is 5.82 Å². The van der Waals surface area contributed by atoms with Crippen molar-refractivity contribution in [3.8, 4) is 11.5 Å². The minimum atomic E-state index is -5.05. The Balaban J connectivity index is 2.22. The van der Waals surface area contributed by atoms with Crippen LogP contribution in [0, 0.1) is 0 Å². The first-order valence-corrected chi connectivity index (χ1v) is 10.3. The maximum absolute atomic E-state index is 13.5. The zero-order valence-electron chi connectivity index (χ0n) is 19.6. The molecule has 0 unspecified atom stereocenters. The summed E-state index contributed by atoms with van der Waals surface area (Å²) in [6.45, 7) is 2.46. The van der Waals surface area contributed by atoms with Crippen LogP contribution in [0.5, 0.6) is 0 Å². The van der Waals surface area contributed by atoms with Gasteiger partial charge in [-0.2, -0.15) is 41.3 Å². The number of anilines is 3. The van der Waals surface area contributed by atoms with E-state index in [4.69, 9.17) is 39.2 Å². The van der Waals surface area contributed by atoms with Crippen LogP contribution in [-0.2, 0) is 12.4 Å². The Labute approximate surface area is 218 Å². The number of nitrogens with zero attached hydrogens (tertiary/aromatic N) is 5. The fourth-order valence-electron chi connectivity index (χ4n) is 2.74. The van der Waals surface area contributed by atoms with E-state index in [0.717, 1.165) is 12.3 Å². The largest absolute Gasteiger partial charge is 0.433 e. The van der Waals surface area contributed by atoms with Gasteiger partial charge in [0.1, 0.15) is 40.6 Å². The van der Waals surface area contributed by atoms with Gasteiger partial charge in [-0.25, -0.2) is 4.98 Å². The zero-order valence-corrected chi connectivity index (χ0v) is 19.6. The van der Waals surface area contributed by atoms with Gasteiger partial charge in [0.05, 0.1) is 21.3 Å². The van der Waals surface area contributed by atoms with E-state index >= 15 is 0 Å². The van der Waals surface area contributed by atoms with Crippen LogP contribution in [0.15, 0.2) is 18.3 Å². The van der Waals surface area contributed by atoms with Crippen molar-refractivity contribution in [3.63, 3.8) is 0 Å². The van der Waals surface area contributed by atoms with Gasteiger partial charge >= 0.3 is 12.4 Å². The molecule has 3 aromatic heterocycles. The third-order valence-corrected chi connectivity index (χ3v) is 5.07. The predicted molar refractivity (Wildman–Crippen MR) is 131 cm³/mol. The van der Waals surface area contributed by atoms with Crippen LogP contribution in [-0.4, -0.2) is 80.2 Å². The number of pyridine rings is 2. The van der Waals surface area contributed by atoms with E-state index in [1.54, 1.807) is 0 Å². The topological polar surface area (TPSA) is 109 Å². The predicted octanol–water partition coefficient (Wildman–Crippen LogP) is -0.335. The number of alkyl halides is 6. The van der Waals surface area contributed by atoms with E-state index in [-0.39, 0.29) is 5.69 Å². The fourth-order valence-corrected chi connectivity index (χ4v) is 2.74. The van der Waals surface area contributed by atoms with Crippen molar-refractivity contribution in [2.75, 3.05) is 10.6 Å². The highest BCUT2D eigenvalue weighted by atomic mass is 19.4. The van der Waals surface area contributed by atoms with E-state index in [1.165, 1.54) is 13.8 Å². The van der Waals surface area contributed by atoms with Gasteiger partial charge < -0.3 is 15.7 Å². The molecule has 0 spiro atoms. The minimum Gasteiger partial charge on any atom is -0.390 e. The van der Waals surface area contributed by atoms with Crippen molar-refractivity contribution in [3.05, 3.63) is 29.7 Å². The van der Waals surface area contributed by atoms with Crippen molar-refractivity contribution in [1.82, 2.24) is 24.9 Å². The Morgan fingerprint density at radius 3 is 1.97 bits per heavy atom. The van der Waals surface area contributed by atoms with Crippen molar-refractivity contribution < 1.29 is 31.4 Å². The van der Waals surface area contributed by atoms with E-state index in [2.05, 4.69) is 35.6 Å². The Kier molecular flexibility index (Phi) is 7.58. The lowest BCUT2D eigenvalue weighted by molar-refractivity contribution is -0.141. The van der Waals surface area contributed by atoms with Crippen molar-refractivity contribution >= 4 is 73.2 Å². The highest BCUT2D eigenvalue weighted by Gasteiger charge is 2.37. The molecule has 0 aliphatic carbocycles. The molecule has 0 aliphatic rings. The van der Waals surface area contributed by atoms with Gasteiger partial charge in [-0.05, 0) is 31.3 Å². The van der Waals surface area contributed by atoms with E-state index in [0.29, 0.717) is 6.07 Å². The summed E-state index contributed by atoms with van der Waals surface area (Å²) in [7, 11) is 28.7. The summed E-state index contributed by atoms with van der Waals surface area (Å²) in [4.78, 5) is 18.4. The summed E-state index contributed by atoms with van der Waals surface area (Å²) >= 11 is 0. The third kappa shape index (κ3) is 6.25. The Bertz CT molecular complexity index is 1370. The Morgan fingerprint density at radius 2 is 1.42 bits per heavy atom. The molecule has 0 saturated heterocycles. The third-order valence-electron chi connectivity index (χ3n) is 5.07. The molecule has 0 aliphatic heterocycles. The van der Waals surface area contributed by atoms with Gasteiger partial charge in [-0.3, -0.25) is 4.98 Å². The lowest BCUT2D eigenvalue weighted by Gasteiger charge is -2.39. The lowest BCUT2D eigenvalue weighted by atomic mass is 9.54. The summed E-state index contributed by atoms with van der Waals surface area (Å²) in [6, 6.07) is 1.76. The van der Waals surface area contributed by atoms with Crippen LogP contribution in [0.3, 0.4) is 0 Å². The van der Waals surface area contributed by atoms with E-state index in [1.807, 2.05) is 0 Å². The van der Waals surface area contributed by atoms with E-state index in [9.17, 15) is 31.4 Å².